The second kappa shape index (κ2) is 8.22. The molecule has 0 N–H and O–H groups in total. The Morgan fingerprint density at radius 3 is 1.63 bits per heavy atom. The standard InChI is InChI=1S/C36H24N2/c1-3-12-25(13-4-1)27-22-28(26-14-5-2-6-15-26)24-29(23-27)37-33-19-9-10-20-34(33)38-32-18-8-7-16-30(32)31-17-11-21-35(37)36(31)38/h1-24H. The van der Waals surface area contributed by atoms with Crippen molar-refractivity contribution in [1.82, 2.24) is 4.57 Å². The normalized spacial score (nSPS) is 12.2. The summed E-state index contributed by atoms with van der Waals surface area (Å²) in [6.07, 6.45) is 0. The molecule has 1 aromatic heterocycles. The lowest BCUT2D eigenvalue weighted by Crippen LogP contribution is -2.18. The highest BCUT2D eigenvalue weighted by Crippen LogP contribution is 2.50. The highest BCUT2D eigenvalue weighted by Gasteiger charge is 2.28. The molecule has 2 heterocycles. The van der Waals surface area contributed by atoms with Gasteiger partial charge in [-0.15, -0.1) is 0 Å². The fourth-order valence-corrected chi connectivity index (χ4v) is 6.02. The van der Waals surface area contributed by atoms with Gasteiger partial charge in [-0.3, -0.25) is 0 Å². The van der Waals surface area contributed by atoms with Crippen LogP contribution in [0.15, 0.2) is 146 Å². The van der Waals surface area contributed by atoms with Gasteiger partial charge in [-0.05, 0) is 64.7 Å². The summed E-state index contributed by atoms with van der Waals surface area (Å²) in [6.45, 7) is 0. The van der Waals surface area contributed by atoms with Crippen molar-refractivity contribution in [2.75, 3.05) is 4.90 Å². The van der Waals surface area contributed by atoms with Gasteiger partial charge in [0.1, 0.15) is 0 Å². The Bertz CT molecular complexity index is 1910. The molecule has 8 rings (SSSR count). The number of hydrogen-bond acceptors (Lipinski definition) is 1. The lowest BCUT2D eigenvalue weighted by molar-refractivity contribution is 1.11. The molecule has 1 aliphatic heterocycles. The molecular formula is C36H24N2. The minimum atomic E-state index is 1.15. The second-order valence-electron chi connectivity index (χ2n) is 9.85. The minimum absolute atomic E-state index is 1.15. The molecule has 0 aliphatic carbocycles. The van der Waals surface area contributed by atoms with Crippen molar-refractivity contribution < 1.29 is 0 Å². The first kappa shape index (κ1) is 21.0. The predicted octanol–water partition coefficient (Wildman–Crippen LogP) is 9.90. The lowest BCUT2D eigenvalue weighted by Gasteiger charge is -2.33. The zero-order valence-corrected chi connectivity index (χ0v) is 20.8. The van der Waals surface area contributed by atoms with E-state index < -0.39 is 0 Å². The summed E-state index contributed by atoms with van der Waals surface area (Å²) in [6, 6.07) is 52.5. The highest BCUT2D eigenvalue weighted by atomic mass is 15.2. The molecule has 0 fully saturated rings. The zero-order valence-electron chi connectivity index (χ0n) is 20.8. The summed E-state index contributed by atoms with van der Waals surface area (Å²) in [5, 5.41) is 2.56. The monoisotopic (exact) mass is 484 g/mol. The maximum atomic E-state index is 2.44. The molecule has 7 aromatic rings. The molecule has 178 valence electrons. The Hall–Kier alpha value is -5.08. The molecule has 0 amide bonds. The van der Waals surface area contributed by atoms with E-state index >= 15 is 0 Å². The number of nitrogens with zero attached hydrogens (tertiary/aromatic N) is 2. The van der Waals surface area contributed by atoms with Gasteiger partial charge in [-0.2, -0.15) is 0 Å². The zero-order chi connectivity index (χ0) is 25.1. The van der Waals surface area contributed by atoms with Crippen LogP contribution in [0.1, 0.15) is 0 Å². The van der Waals surface area contributed by atoms with Crippen LogP contribution >= 0.6 is 0 Å². The van der Waals surface area contributed by atoms with Crippen LogP contribution in [0, 0.1) is 0 Å². The predicted molar refractivity (Wildman–Crippen MR) is 160 cm³/mol. The third-order valence-electron chi connectivity index (χ3n) is 7.67. The van der Waals surface area contributed by atoms with Gasteiger partial charge < -0.3 is 9.47 Å². The summed E-state index contributed by atoms with van der Waals surface area (Å²) in [5.41, 5.74) is 12.1. The van der Waals surface area contributed by atoms with E-state index in [1.807, 2.05) is 0 Å². The number of para-hydroxylation sites is 4. The van der Waals surface area contributed by atoms with E-state index in [-0.39, 0.29) is 0 Å². The molecule has 0 unspecified atom stereocenters. The van der Waals surface area contributed by atoms with Gasteiger partial charge in [0, 0.05) is 16.5 Å². The summed E-state index contributed by atoms with van der Waals surface area (Å²) >= 11 is 0. The molecule has 0 radical (unpaired) electrons. The van der Waals surface area contributed by atoms with Gasteiger partial charge in [0.15, 0.2) is 0 Å². The summed E-state index contributed by atoms with van der Waals surface area (Å²) in [7, 11) is 0. The minimum Gasteiger partial charge on any atom is -0.306 e. The molecule has 6 aromatic carbocycles. The van der Waals surface area contributed by atoms with Gasteiger partial charge >= 0.3 is 0 Å². The van der Waals surface area contributed by atoms with Gasteiger partial charge in [0.05, 0.1) is 28.1 Å². The Morgan fingerprint density at radius 1 is 0.368 bits per heavy atom. The molecule has 0 atom stereocenters. The number of benzene rings is 6. The Kier molecular flexibility index (Phi) is 4.55. The lowest BCUT2D eigenvalue weighted by atomic mass is 9.97. The molecule has 1 aliphatic rings. The third kappa shape index (κ3) is 3.07. The smallest absolute Gasteiger partial charge is 0.0783 e. The fraction of sp³-hybridized carbons (Fsp3) is 0. The Morgan fingerprint density at radius 2 is 0.921 bits per heavy atom. The van der Waals surface area contributed by atoms with Gasteiger partial charge in [0.25, 0.3) is 0 Å². The van der Waals surface area contributed by atoms with Crippen LogP contribution in [0.4, 0.5) is 17.1 Å². The van der Waals surface area contributed by atoms with E-state index in [1.54, 1.807) is 0 Å². The van der Waals surface area contributed by atoms with Gasteiger partial charge in [-0.25, -0.2) is 0 Å². The highest BCUT2D eigenvalue weighted by molar-refractivity contribution is 6.16. The molecule has 2 heteroatoms. The summed E-state index contributed by atoms with van der Waals surface area (Å²) in [5.74, 6) is 0. The quantitative estimate of drug-likeness (QED) is 0.242. The van der Waals surface area contributed by atoms with Crippen molar-refractivity contribution in [2.45, 2.75) is 0 Å². The van der Waals surface area contributed by atoms with E-state index in [4.69, 9.17) is 0 Å². The van der Waals surface area contributed by atoms with Crippen LogP contribution in [-0.2, 0) is 0 Å². The van der Waals surface area contributed by atoms with Crippen LogP contribution in [0.5, 0.6) is 0 Å². The molecule has 0 bridgehead atoms. The molecule has 0 saturated heterocycles. The van der Waals surface area contributed by atoms with E-state index in [1.165, 1.54) is 61.1 Å². The van der Waals surface area contributed by atoms with Crippen LogP contribution in [0.25, 0.3) is 49.7 Å². The summed E-state index contributed by atoms with van der Waals surface area (Å²) < 4.78 is 2.44. The maximum Gasteiger partial charge on any atom is 0.0783 e. The van der Waals surface area contributed by atoms with Gasteiger partial charge in [-0.1, -0.05) is 103 Å². The van der Waals surface area contributed by atoms with Crippen LogP contribution < -0.4 is 4.90 Å². The van der Waals surface area contributed by atoms with E-state index in [0.29, 0.717) is 0 Å². The molecular weight excluding hydrogens is 460 g/mol. The molecule has 0 spiro atoms. The second-order valence-corrected chi connectivity index (χ2v) is 9.85. The largest absolute Gasteiger partial charge is 0.306 e. The van der Waals surface area contributed by atoms with Crippen molar-refractivity contribution in [3.05, 3.63) is 146 Å². The maximum absolute atomic E-state index is 2.44. The number of aromatic nitrogens is 1. The van der Waals surface area contributed by atoms with Crippen molar-refractivity contribution in [2.24, 2.45) is 0 Å². The fourth-order valence-electron chi connectivity index (χ4n) is 6.02. The molecule has 2 nitrogen and oxygen atoms in total. The number of hydrogen-bond donors (Lipinski definition) is 0. The van der Waals surface area contributed by atoms with Crippen molar-refractivity contribution >= 4 is 38.9 Å². The van der Waals surface area contributed by atoms with Gasteiger partial charge in [0.2, 0.25) is 0 Å². The topological polar surface area (TPSA) is 8.17 Å². The van der Waals surface area contributed by atoms with E-state index in [2.05, 4.69) is 155 Å². The number of fused-ring (bicyclic) bond motifs is 5. The average Bonchev–Trinajstić information content (AvgIpc) is 3.34. The van der Waals surface area contributed by atoms with E-state index in [0.717, 1.165) is 5.69 Å². The van der Waals surface area contributed by atoms with Crippen LogP contribution in [0.2, 0.25) is 0 Å². The Labute approximate surface area is 221 Å². The van der Waals surface area contributed by atoms with Crippen molar-refractivity contribution in [3.8, 4) is 27.9 Å². The first-order valence-electron chi connectivity index (χ1n) is 13.0. The van der Waals surface area contributed by atoms with E-state index in [9.17, 15) is 0 Å². The number of anilines is 3. The van der Waals surface area contributed by atoms with Crippen LogP contribution in [-0.4, -0.2) is 4.57 Å². The van der Waals surface area contributed by atoms with Crippen molar-refractivity contribution in [3.63, 3.8) is 0 Å². The van der Waals surface area contributed by atoms with Crippen molar-refractivity contribution in [1.29, 1.82) is 0 Å². The third-order valence-corrected chi connectivity index (χ3v) is 7.67. The van der Waals surface area contributed by atoms with Crippen LogP contribution in [0.3, 0.4) is 0 Å². The summed E-state index contributed by atoms with van der Waals surface area (Å²) in [4.78, 5) is 2.44. The molecule has 38 heavy (non-hydrogen) atoms. The number of rotatable bonds is 3. The SMILES string of the molecule is c1ccc(-c2cc(-c3ccccc3)cc(N3c4ccccc4-n4c5ccccc5c5cccc3c54)c2)cc1. The average molecular weight is 485 g/mol. The first-order chi connectivity index (χ1) is 18.9. The Balaban J connectivity index is 1.46. The molecule has 0 saturated carbocycles. The first-order valence-corrected chi connectivity index (χ1v) is 13.0.